The summed E-state index contributed by atoms with van der Waals surface area (Å²) in [6, 6.07) is 4.77. The van der Waals surface area contributed by atoms with Gasteiger partial charge in [-0.3, -0.25) is 0 Å². The van der Waals surface area contributed by atoms with Crippen LogP contribution in [0.4, 0.5) is 13.2 Å². The van der Waals surface area contributed by atoms with Crippen LogP contribution in [0.3, 0.4) is 0 Å². The van der Waals surface area contributed by atoms with Crippen LogP contribution in [0, 0.1) is 0 Å². The summed E-state index contributed by atoms with van der Waals surface area (Å²) in [5, 5.41) is 0. The van der Waals surface area contributed by atoms with Gasteiger partial charge in [-0.15, -0.1) is 6.58 Å². The minimum atomic E-state index is -4.31. The smallest absolute Gasteiger partial charge is 0.318 e. The van der Waals surface area contributed by atoms with E-state index in [1.165, 1.54) is 18.2 Å². The van der Waals surface area contributed by atoms with E-state index in [9.17, 15) is 13.2 Å². The van der Waals surface area contributed by atoms with Gasteiger partial charge in [-0.25, -0.2) is 0 Å². The molecule has 1 aromatic carbocycles. The number of alkyl halides is 3. The monoisotopic (exact) mass is 215 g/mol. The molecule has 0 radical (unpaired) electrons. The van der Waals surface area contributed by atoms with Gasteiger partial charge in [0.05, 0.1) is 11.1 Å². The van der Waals surface area contributed by atoms with Crippen molar-refractivity contribution in [2.75, 3.05) is 0 Å². The fraction of sp³-hybridized carbons (Fsp3) is 0.273. The SMILES string of the molecule is C=CC(C)(N)c1ccc(C(F)(F)F)cc1. The van der Waals surface area contributed by atoms with E-state index in [0.29, 0.717) is 5.56 Å². The highest BCUT2D eigenvalue weighted by molar-refractivity contribution is 5.31. The highest BCUT2D eigenvalue weighted by atomic mass is 19.4. The second-order valence-corrected chi connectivity index (χ2v) is 3.56. The number of nitrogens with two attached hydrogens (primary N) is 1. The fourth-order valence-electron chi connectivity index (χ4n) is 1.14. The van der Waals surface area contributed by atoms with Crippen LogP contribution in [-0.4, -0.2) is 0 Å². The lowest BCUT2D eigenvalue weighted by Crippen LogP contribution is -2.30. The van der Waals surface area contributed by atoms with Crippen LogP contribution in [0.25, 0.3) is 0 Å². The molecule has 0 amide bonds. The topological polar surface area (TPSA) is 26.0 Å². The van der Waals surface area contributed by atoms with Crippen LogP contribution in [0.2, 0.25) is 0 Å². The number of hydrogen-bond acceptors (Lipinski definition) is 1. The molecule has 82 valence electrons. The lowest BCUT2D eigenvalue weighted by atomic mass is 9.93. The van der Waals surface area contributed by atoms with Crippen molar-refractivity contribution >= 4 is 0 Å². The molecule has 4 heteroatoms. The van der Waals surface area contributed by atoms with Gasteiger partial charge in [-0.1, -0.05) is 18.2 Å². The predicted molar refractivity (Wildman–Crippen MR) is 53.2 cm³/mol. The second kappa shape index (κ2) is 3.70. The average Bonchev–Trinajstić information content (AvgIpc) is 2.17. The molecular weight excluding hydrogens is 203 g/mol. The quantitative estimate of drug-likeness (QED) is 0.754. The highest BCUT2D eigenvalue weighted by Crippen LogP contribution is 2.30. The standard InChI is InChI=1S/C11H12F3N/c1-3-10(2,15)8-4-6-9(7-5-8)11(12,13)14/h3-7H,1,15H2,2H3. The zero-order chi connectivity index (χ0) is 11.7. The maximum Gasteiger partial charge on any atom is 0.416 e. The van der Waals surface area contributed by atoms with Crippen molar-refractivity contribution in [3.8, 4) is 0 Å². The molecular formula is C11H12F3N. The normalized spacial score (nSPS) is 15.8. The summed E-state index contributed by atoms with van der Waals surface area (Å²) in [7, 11) is 0. The minimum Gasteiger partial charge on any atom is -0.318 e. The Morgan fingerprint density at radius 2 is 1.53 bits per heavy atom. The van der Waals surface area contributed by atoms with Gasteiger partial charge in [0.2, 0.25) is 0 Å². The Morgan fingerprint density at radius 3 is 1.87 bits per heavy atom. The average molecular weight is 215 g/mol. The molecule has 15 heavy (non-hydrogen) atoms. The van der Waals surface area contributed by atoms with Crippen molar-refractivity contribution in [2.24, 2.45) is 5.73 Å². The summed E-state index contributed by atoms with van der Waals surface area (Å²) in [4.78, 5) is 0. The Balaban J connectivity index is 3.06. The van der Waals surface area contributed by atoms with E-state index in [1.807, 2.05) is 0 Å². The van der Waals surface area contributed by atoms with E-state index in [2.05, 4.69) is 6.58 Å². The maximum absolute atomic E-state index is 12.2. The molecule has 0 saturated carbocycles. The molecule has 0 aliphatic rings. The van der Waals surface area contributed by atoms with E-state index in [-0.39, 0.29) is 0 Å². The summed E-state index contributed by atoms with van der Waals surface area (Å²) in [6.07, 6.45) is -2.81. The Bertz CT molecular complexity index is 349. The molecule has 0 saturated heterocycles. The Morgan fingerprint density at radius 1 is 1.13 bits per heavy atom. The molecule has 0 bridgehead atoms. The Kier molecular flexibility index (Phi) is 2.90. The number of hydrogen-bond donors (Lipinski definition) is 1. The minimum absolute atomic E-state index is 0.602. The Labute approximate surface area is 86.4 Å². The van der Waals surface area contributed by atoms with Crippen LogP contribution >= 0.6 is 0 Å². The summed E-state index contributed by atoms with van der Waals surface area (Å²) < 4.78 is 36.7. The van der Waals surface area contributed by atoms with Gasteiger partial charge < -0.3 is 5.73 Å². The molecule has 1 unspecified atom stereocenters. The zero-order valence-corrected chi connectivity index (χ0v) is 8.31. The first-order valence-electron chi connectivity index (χ1n) is 4.37. The summed E-state index contributed by atoms with van der Waals surface area (Å²) in [6.45, 7) is 5.22. The van der Waals surface area contributed by atoms with Crippen molar-refractivity contribution in [2.45, 2.75) is 18.6 Å². The van der Waals surface area contributed by atoms with Gasteiger partial charge in [0.15, 0.2) is 0 Å². The van der Waals surface area contributed by atoms with E-state index in [0.717, 1.165) is 12.1 Å². The lowest BCUT2D eigenvalue weighted by molar-refractivity contribution is -0.137. The molecule has 1 aromatic rings. The summed E-state index contributed by atoms with van der Waals surface area (Å²) in [5.74, 6) is 0. The highest BCUT2D eigenvalue weighted by Gasteiger charge is 2.30. The van der Waals surface area contributed by atoms with Crippen molar-refractivity contribution in [3.63, 3.8) is 0 Å². The van der Waals surface area contributed by atoms with Crippen molar-refractivity contribution < 1.29 is 13.2 Å². The van der Waals surface area contributed by atoms with Gasteiger partial charge in [0, 0.05) is 0 Å². The molecule has 1 nitrogen and oxygen atoms in total. The van der Waals surface area contributed by atoms with E-state index < -0.39 is 17.3 Å². The third-order valence-corrected chi connectivity index (χ3v) is 2.26. The molecule has 0 fully saturated rings. The van der Waals surface area contributed by atoms with Crippen molar-refractivity contribution in [1.29, 1.82) is 0 Å². The third-order valence-electron chi connectivity index (χ3n) is 2.26. The van der Waals surface area contributed by atoms with Crippen molar-refractivity contribution in [1.82, 2.24) is 0 Å². The molecule has 0 aromatic heterocycles. The first kappa shape index (κ1) is 11.8. The van der Waals surface area contributed by atoms with Crippen LogP contribution in [0.15, 0.2) is 36.9 Å². The van der Waals surface area contributed by atoms with Gasteiger partial charge in [-0.2, -0.15) is 13.2 Å². The third kappa shape index (κ3) is 2.59. The first-order chi connectivity index (χ1) is 6.77. The Hall–Kier alpha value is -1.29. The van der Waals surface area contributed by atoms with E-state index >= 15 is 0 Å². The van der Waals surface area contributed by atoms with Crippen LogP contribution in [0.1, 0.15) is 18.1 Å². The maximum atomic E-state index is 12.2. The van der Waals surface area contributed by atoms with Gasteiger partial charge in [-0.05, 0) is 24.6 Å². The molecule has 1 atom stereocenters. The first-order valence-corrected chi connectivity index (χ1v) is 4.37. The largest absolute Gasteiger partial charge is 0.416 e. The summed E-state index contributed by atoms with van der Waals surface area (Å²) >= 11 is 0. The van der Waals surface area contributed by atoms with Crippen LogP contribution < -0.4 is 5.73 Å². The molecule has 0 heterocycles. The van der Waals surface area contributed by atoms with Gasteiger partial charge in [0.1, 0.15) is 0 Å². The van der Waals surface area contributed by atoms with Crippen LogP contribution in [-0.2, 0) is 11.7 Å². The van der Waals surface area contributed by atoms with Gasteiger partial charge in [0.25, 0.3) is 0 Å². The molecule has 2 N–H and O–H groups in total. The van der Waals surface area contributed by atoms with Gasteiger partial charge >= 0.3 is 6.18 Å². The van der Waals surface area contributed by atoms with Crippen molar-refractivity contribution in [3.05, 3.63) is 48.0 Å². The van der Waals surface area contributed by atoms with E-state index in [4.69, 9.17) is 5.73 Å². The summed E-state index contributed by atoms with van der Waals surface area (Å²) in [5.41, 5.74) is 4.92. The molecule has 1 rings (SSSR count). The number of halogens is 3. The molecule has 0 aliphatic heterocycles. The second-order valence-electron chi connectivity index (χ2n) is 3.56. The molecule has 0 aliphatic carbocycles. The van der Waals surface area contributed by atoms with Crippen LogP contribution in [0.5, 0.6) is 0 Å². The lowest BCUT2D eigenvalue weighted by Gasteiger charge is -2.20. The van der Waals surface area contributed by atoms with E-state index in [1.54, 1.807) is 6.92 Å². The predicted octanol–water partition coefficient (Wildman–Crippen LogP) is 3.07. The molecule has 0 spiro atoms. The fourth-order valence-corrected chi connectivity index (χ4v) is 1.14. The number of rotatable bonds is 2. The number of benzene rings is 1. The zero-order valence-electron chi connectivity index (χ0n) is 8.31.